The first-order valence-corrected chi connectivity index (χ1v) is 6.60. The molecule has 4 heteroatoms. The Morgan fingerprint density at radius 2 is 2.11 bits per heavy atom. The molecule has 4 nitrogen and oxygen atoms in total. The van der Waals surface area contributed by atoms with Crippen molar-refractivity contribution >= 4 is 11.6 Å². The van der Waals surface area contributed by atoms with Gasteiger partial charge in [0.1, 0.15) is 5.75 Å². The second-order valence-corrected chi connectivity index (χ2v) is 5.53. The molecule has 0 aliphatic rings. The molecule has 19 heavy (non-hydrogen) atoms. The molecule has 1 aromatic rings. The van der Waals surface area contributed by atoms with Crippen LogP contribution in [0.4, 0.5) is 5.69 Å². The predicted molar refractivity (Wildman–Crippen MR) is 78.2 cm³/mol. The van der Waals surface area contributed by atoms with Crippen LogP contribution in [0, 0.1) is 6.92 Å². The molecule has 0 aliphatic carbocycles. The molecule has 0 saturated heterocycles. The van der Waals surface area contributed by atoms with Gasteiger partial charge in [-0.3, -0.25) is 4.79 Å². The third-order valence-corrected chi connectivity index (χ3v) is 3.18. The lowest BCUT2D eigenvalue weighted by atomic mass is 10.0. The third-order valence-electron chi connectivity index (χ3n) is 3.18. The quantitative estimate of drug-likeness (QED) is 0.804. The van der Waals surface area contributed by atoms with Crippen molar-refractivity contribution in [2.75, 3.05) is 5.73 Å². The number of aryl methyl sites for hydroxylation is 1. The lowest BCUT2D eigenvalue weighted by Crippen LogP contribution is -2.48. The smallest absolute Gasteiger partial charge is 0.261 e. The van der Waals surface area contributed by atoms with Crippen LogP contribution < -0.4 is 15.8 Å². The summed E-state index contributed by atoms with van der Waals surface area (Å²) in [6.07, 6.45) is 0.286. The number of anilines is 1. The number of nitrogens with two attached hydrogens (primary N) is 1. The van der Waals surface area contributed by atoms with Gasteiger partial charge in [-0.15, -0.1) is 0 Å². The number of ether oxygens (including phenoxy) is 1. The van der Waals surface area contributed by atoms with Gasteiger partial charge in [0.25, 0.3) is 5.91 Å². The van der Waals surface area contributed by atoms with Gasteiger partial charge in [0.15, 0.2) is 6.10 Å². The second kappa shape index (κ2) is 5.95. The maximum Gasteiger partial charge on any atom is 0.261 e. The van der Waals surface area contributed by atoms with Crippen LogP contribution in [0.5, 0.6) is 5.75 Å². The fraction of sp³-hybridized carbons (Fsp3) is 0.533. The molecule has 106 valence electrons. The Bertz CT molecular complexity index is 455. The largest absolute Gasteiger partial charge is 0.479 e. The average Bonchev–Trinajstić information content (AvgIpc) is 2.32. The molecule has 1 amide bonds. The van der Waals surface area contributed by atoms with Crippen LogP contribution in [0.15, 0.2) is 18.2 Å². The highest BCUT2D eigenvalue weighted by molar-refractivity contribution is 5.81. The molecule has 0 aliphatic heterocycles. The molecule has 0 radical (unpaired) electrons. The van der Waals surface area contributed by atoms with E-state index in [2.05, 4.69) is 5.32 Å². The fourth-order valence-electron chi connectivity index (χ4n) is 1.54. The van der Waals surface area contributed by atoms with E-state index in [0.717, 1.165) is 12.0 Å². The standard InChI is InChI=1S/C15H24N2O2/c1-6-15(4,5)17-14(18)11(3)19-13-8-7-10(2)9-12(13)16/h7-9,11H,6,16H2,1-5H3,(H,17,18). The minimum absolute atomic E-state index is 0.133. The molecule has 0 aromatic heterocycles. The van der Waals surface area contributed by atoms with Gasteiger partial charge < -0.3 is 15.8 Å². The number of carbonyl (C=O) groups excluding carboxylic acids is 1. The zero-order valence-electron chi connectivity index (χ0n) is 12.4. The van der Waals surface area contributed by atoms with Gasteiger partial charge in [-0.1, -0.05) is 13.0 Å². The Balaban J connectivity index is 2.69. The molecule has 1 rings (SSSR count). The molecule has 1 atom stereocenters. The van der Waals surface area contributed by atoms with Crippen LogP contribution in [-0.2, 0) is 4.79 Å². The van der Waals surface area contributed by atoms with E-state index >= 15 is 0 Å². The average molecular weight is 264 g/mol. The highest BCUT2D eigenvalue weighted by Crippen LogP contribution is 2.23. The topological polar surface area (TPSA) is 64.3 Å². The predicted octanol–water partition coefficient (Wildman–Crippen LogP) is 2.65. The van der Waals surface area contributed by atoms with E-state index in [0.29, 0.717) is 11.4 Å². The minimum atomic E-state index is -0.573. The lowest BCUT2D eigenvalue weighted by molar-refractivity contribution is -0.128. The van der Waals surface area contributed by atoms with Gasteiger partial charge >= 0.3 is 0 Å². The van der Waals surface area contributed by atoms with Crippen molar-refractivity contribution in [1.29, 1.82) is 0 Å². The van der Waals surface area contributed by atoms with Gasteiger partial charge in [-0.25, -0.2) is 0 Å². The number of hydrogen-bond donors (Lipinski definition) is 2. The number of rotatable bonds is 5. The van der Waals surface area contributed by atoms with Crippen molar-refractivity contribution in [2.45, 2.75) is 52.7 Å². The SMILES string of the molecule is CCC(C)(C)NC(=O)C(C)Oc1ccc(C)cc1N. The van der Waals surface area contributed by atoms with E-state index in [9.17, 15) is 4.79 Å². The van der Waals surface area contributed by atoms with Crippen molar-refractivity contribution in [2.24, 2.45) is 0 Å². The number of amides is 1. The zero-order chi connectivity index (χ0) is 14.6. The zero-order valence-corrected chi connectivity index (χ0v) is 12.4. The molecule has 1 aromatic carbocycles. The van der Waals surface area contributed by atoms with E-state index in [-0.39, 0.29) is 11.4 Å². The Morgan fingerprint density at radius 3 is 2.63 bits per heavy atom. The number of nitrogens with one attached hydrogen (secondary N) is 1. The van der Waals surface area contributed by atoms with Crippen molar-refractivity contribution in [3.05, 3.63) is 23.8 Å². The summed E-state index contributed by atoms with van der Waals surface area (Å²) in [6, 6.07) is 5.53. The normalized spacial score (nSPS) is 12.9. The van der Waals surface area contributed by atoms with E-state index < -0.39 is 6.10 Å². The first kappa shape index (κ1) is 15.3. The summed E-state index contributed by atoms with van der Waals surface area (Å²) in [5.41, 5.74) is 7.25. The molecule has 0 saturated carbocycles. The van der Waals surface area contributed by atoms with Gasteiger partial charge in [-0.05, 0) is 51.8 Å². The molecule has 1 unspecified atom stereocenters. The number of nitrogen functional groups attached to an aromatic ring is 1. The maximum absolute atomic E-state index is 12.0. The minimum Gasteiger partial charge on any atom is -0.479 e. The van der Waals surface area contributed by atoms with Crippen LogP contribution in [0.1, 0.15) is 39.7 Å². The fourth-order valence-corrected chi connectivity index (χ4v) is 1.54. The molecule has 0 spiro atoms. The molecule has 0 fully saturated rings. The summed E-state index contributed by atoms with van der Waals surface area (Å²) in [5.74, 6) is 0.411. The first-order valence-electron chi connectivity index (χ1n) is 6.60. The molecule has 0 bridgehead atoms. The van der Waals surface area contributed by atoms with Crippen LogP contribution >= 0.6 is 0 Å². The van der Waals surface area contributed by atoms with Crippen LogP contribution in [0.2, 0.25) is 0 Å². The second-order valence-electron chi connectivity index (χ2n) is 5.53. The van der Waals surface area contributed by atoms with Crippen molar-refractivity contribution < 1.29 is 9.53 Å². The molecular weight excluding hydrogens is 240 g/mol. The van der Waals surface area contributed by atoms with Gasteiger partial charge in [0.05, 0.1) is 5.69 Å². The maximum atomic E-state index is 12.0. The Hall–Kier alpha value is -1.71. The van der Waals surface area contributed by atoms with E-state index in [1.807, 2.05) is 39.8 Å². The number of carbonyl (C=O) groups is 1. The van der Waals surface area contributed by atoms with E-state index in [1.54, 1.807) is 13.0 Å². The van der Waals surface area contributed by atoms with Gasteiger partial charge in [-0.2, -0.15) is 0 Å². The van der Waals surface area contributed by atoms with Crippen molar-refractivity contribution in [3.8, 4) is 5.75 Å². The summed E-state index contributed by atoms with van der Waals surface area (Å²) in [6.45, 7) is 9.68. The summed E-state index contributed by atoms with van der Waals surface area (Å²) in [4.78, 5) is 12.0. The molecule has 3 N–H and O–H groups in total. The summed E-state index contributed by atoms with van der Waals surface area (Å²) in [7, 11) is 0. The van der Waals surface area contributed by atoms with Crippen LogP contribution in [0.25, 0.3) is 0 Å². The number of hydrogen-bond acceptors (Lipinski definition) is 3. The van der Waals surface area contributed by atoms with Gasteiger partial charge in [0, 0.05) is 5.54 Å². The summed E-state index contributed by atoms with van der Waals surface area (Å²) < 4.78 is 5.62. The monoisotopic (exact) mass is 264 g/mol. The molecular formula is C15H24N2O2. The highest BCUT2D eigenvalue weighted by atomic mass is 16.5. The Morgan fingerprint density at radius 1 is 1.47 bits per heavy atom. The Labute approximate surface area is 115 Å². The lowest BCUT2D eigenvalue weighted by Gasteiger charge is -2.26. The highest BCUT2D eigenvalue weighted by Gasteiger charge is 2.23. The Kier molecular flexibility index (Phi) is 4.81. The van der Waals surface area contributed by atoms with Crippen molar-refractivity contribution in [3.63, 3.8) is 0 Å². The van der Waals surface area contributed by atoms with Gasteiger partial charge in [0.2, 0.25) is 0 Å². The van der Waals surface area contributed by atoms with E-state index in [4.69, 9.17) is 10.5 Å². The van der Waals surface area contributed by atoms with Crippen LogP contribution in [-0.4, -0.2) is 17.6 Å². The van der Waals surface area contributed by atoms with E-state index in [1.165, 1.54) is 0 Å². The summed E-state index contributed by atoms with van der Waals surface area (Å²) >= 11 is 0. The first-order chi connectivity index (χ1) is 8.75. The van der Waals surface area contributed by atoms with Crippen LogP contribution in [0.3, 0.4) is 0 Å². The third kappa shape index (κ3) is 4.47. The van der Waals surface area contributed by atoms with Crippen molar-refractivity contribution in [1.82, 2.24) is 5.32 Å². The summed E-state index contributed by atoms with van der Waals surface area (Å²) in [5, 5.41) is 2.95. The number of benzene rings is 1. The molecule has 0 heterocycles.